The Balaban J connectivity index is 0.00000180. The summed E-state index contributed by atoms with van der Waals surface area (Å²) in [6, 6.07) is 0.167. The summed E-state index contributed by atoms with van der Waals surface area (Å²) in [5, 5.41) is 5.81. The van der Waals surface area contributed by atoms with Crippen LogP contribution in [0.5, 0.6) is 0 Å². The van der Waals surface area contributed by atoms with Crippen molar-refractivity contribution in [3.05, 3.63) is 0 Å². The molecule has 0 aromatic heterocycles. The van der Waals surface area contributed by atoms with Gasteiger partial charge in [0.15, 0.2) is 5.96 Å². The second-order valence-corrected chi connectivity index (χ2v) is 4.72. The highest BCUT2D eigenvalue weighted by Crippen LogP contribution is 2.34. The molecule has 2 heterocycles. The fourth-order valence-corrected chi connectivity index (χ4v) is 2.48. The van der Waals surface area contributed by atoms with Crippen molar-refractivity contribution in [2.75, 3.05) is 13.6 Å². The van der Waals surface area contributed by atoms with Crippen LogP contribution in [0.4, 0.5) is 13.2 Å². The molecule has 2 N–H and O–H groups in total. The van der Waals surface area contributed by atoms with Crippen molar-refractivity contribution >= 4 is 29.9 Å². The molecule has 0 aromatic carbocycles. The van der Waals surface area contributed by atoms with E-state index in [1.54, 1.807) is 7.05 Å². The van der Waals surface area contributed by atoms with Crippen molar-refractivity contribution in [3.63, 3.8) is 0 Å². The number of ether oxygens (including phenoxy) is 1. The van der Waals surface area contributed by atoms with Gasteiger partial charge in [-0.3, -0.25) is 4.99 Å². The maximum atomic E-state index is 12.0. The maximum absolute atomic E-state index is 12.0. The highest BCUT2D eigenvalue weighted by Gasteiger charge is 2.41. The Hall–Kier alpha value is -0.250. The van der Waals surface area contributed by atoms with Gasteiger partial charge in [-0.2, -0.15) is 13.2 Å². The Morgan fingerprint density at radius 2 is 2.11 bits per heavy atom. The van der Waals surface area contributed by atoms with E-state index >= 15 is 0 Å². The van der Waals surface area contributed by atoms with Gasteiger partial charge in [0.2, 0.25) is 0 Å². The summed E-state index contributed by atoms with van der Waals surface area (Å²) in [6.07, 6.45) is -1.51. The zero-order valence-electron chi connectivity index (χ0n) is 10.7. The Kier molecular flexibility index (Phi) is 6.15. The molecule has 8 heteroatoms. The van der Waals surface area contributed by atoms with Gasteiger partial charge in [0.25, 0.3) is 0 Å². The summed E-state index contributed by atoms with van der Waals surface area (Å²) in [4.78, 5) is 3.93. The summed E-state index contributed by atoms with van der Waals surface area (Å²) in [5.41, 5.74) is 0. The molecule has 2 fully saturated rings. The average Bonchev–Trinajstić information content (AvgIpc) is 2.87. The van der Waals surface area contributed by atoms with Crippen LogP contribution in [-0.4, -0.2) is 44.0 Å². The molecular weight excluding hydrogens is 374 g/mol. The zero-order chi connectivity index (χ0) is 13.2. The molecule has 3 atom stereocenters. The zero-order valence-corrected chi connectivity index (χ0v) is 13.0. The van der Waals surface area contributed by atoms with Crippen LogP contribution < -0.4 is 10.6 Å². The standard InChI is InChI=1S/C11H18F3N3O.HI/c1-15-10(16-5-4-11(12,13)14)17-8-6-7-2-3-9(8)18-7;/h7-9H,2-6H2,1H3,(H2,15,16,17);1H. The highest BCUT2D eigenvalue weighted by atomic mass is 127. The van der Waals surface area contributed by atoms with Gasteiger partial charge in [0.1, 0.15) is 0 Å². The lowest BCUT2D eigenvalue weighted by Crippen LogP contribution is -2.47. The third-order valence-electron chi connectivity index (χ3n) is 3.35. The molecule has 3 unspecified atom stereocenters. The Labute approximate surface area is 127 Å². The number of guanidine groups is 1. The van der Waals surface area contributed by atoms with Crippen molar-refractivity contribution in [3.8, 4) is 0 Å². The van der Waals surface area contributed by atoms with Gasteiger partial charge >= 0.3 is 6.18 Å². The molecular formula is C11H19F3IN3O. The van der Waals surface area contributed by atoms with Gasteiger partial charge in [-0.1, -0.05) is 0 Å². The monoisotopic (exact) mass is 393 g/mol. The minimum absolute atomic E-state index is 0. The third-order valence-corrected chi connectivity index (χ3v) is 3.35. The summed E-state index contributed by atoms with van der Waals surface area (Å²) in [5.74, 6) is 0.417. The van der Waals surface area contributed by atoms with Crippen LogP contribution in [-0.2, 0) is 4.74 Å². The van der Waals surface area contributed by atoms with Gasteiger partial charge in [-0.15, -0.1) is 24.0 Å². The van der Waals surface area contributed by atoms with E-state index in [4.69, 9.17) is 4.74 Å². The molecule has 2 rings (SSSR count). The average molecular weight is 393 g/mol. The van der Waals surface area contributed by atoms with Crippen LogP contribution in [0, 0.1) is 0 Å². The van der Waals surface area contributed by atoms with Crippen molar-refractivity contribution < 1.29 is 17.9 Å². The Morgan fingerprint density at radius 3 is 2.58 bits per heavy atom. The van der Waals surface area contributed by atoms with Crippen LogP contribution in [0.1, 0.15) is 25.7 Å². The molecule has 0 aliphatic carbocycles. The molecule has 0 aromatic rings. The van der Waals surface area contributed by atoms with E-state index < -0.39 is 12.6 Å². The minimum atomic E-state index is -4.14. The highest BCUT2D eigenvalue weighted by molar-refractivity contribution is 14.0. The number of fused-ring (bicyclic) bond motifs is 2. The lowest BCUT2D eigenvalue weighted by atomic mass is 9.96. The number of nitrogens with one attached hydrogen (secondary N) is 2. The second kappa shape index (κ2) is 6.96. The molecule has 0 saturated carbocycles. The Morgan fingerprint density at radius 1 is 1.37 bits per heavy atom. The van der Waals surface area contributed by atoms with Crippen LogP contribution in [0.25, 0.3) is 0 Å². The first-order valence-electron chi connectivity index (χ1n) is 6.17. The summed E-state index contributed by atoms with van der Waals surface area (Å²) < 4.78 is 41.7. The number of halogens is 4. The number of aliphatic imine (C=N–C) groups is 1. The number of rotatable bonds is 3. The first kappa shape index (κ1) is 16.8. The van der Waals surface area contributed by atoms with E-state index in [2.05, 4.69) is 15.6 Å². The summed E-state index contributed by atoms with van der Waals surface area (Å²) >= 11 is 0. The van der Waals surface area contributed by atoms with Crippen molar-refractivity contribution in [2.45, 2.75) is 50.1 Å². The Bertz CT molecular complexity index is 325. The molecule has 0 spiro atoms. The fourth-order valence-electron chi connectivity index (χ4n) is 2.48. The molecule has 2 bridgehead atoms. The molecule has 19 heavy (non-hydrogen) atoms. The molecule has 4 nitrogen and oxygen atoms in total. The van der Waals surface area contributed by atoms with Crippen molar-refractivity contribution in [2.24, 2.45) is 4.99 Å². The summed E-state index contributed by atoms with van der Waals surface area (Å²) in [7, 11) is 1.55. The molecule has 0 amide bonds. The molecule has 2 saturated heterocycles. The van der Waals surface area contributed by atoms with E-state index in [9.17, 15) is 13.2 Å². The van der Waals surface area contributed by atoms with Gasteiger partial charge in [0, 0.05) is 13.6 Å². The SMILES string of the molecule is CN=C(NCCC(F)(F)F)NC1CC2CCC1O2.I. The second-order valence-electron chi connectivity index (χ2n) is 4.72. The van der Waals surface area contributed by atoms with Gasteiger partial charge in [0.05, 0.1) is 24.7 Å². The number of nitrogens with zero attached hydrogens (tertiary/aromatic N) is 1. The maximum Gasteiger partial charge on any atom is 0.390 e. The predicted octanol–water partition coefficient (Wildman–Crippen LogP) is 2.04. The van der Waals surface area contributed by atoms with E-state index in [0.29, 0.717) is 12.1 Å². The van der Waals surface area contributed by atoms with Gasteiger partial charge in [-0.05, 0) is 19.3 Å². The van der Waals surface area contributed by atoms with E-state index in [1.807, 2.05) is 0 Å². The van der Waals surface area contributed by atoms with E-state index in [1.165, 1.54) is 0 Å². The normalized spacial score (nSPS) is 30.1. The van der Waals surface area contributed by atoms with Gasteiger partial charge < -0.3 is 15.4 Å². The largest absolute Gasteiger partial charge is 0.390 e. The quantitative estimate of drug-likeness (QED) is 0.439. The lowest BCUT2D eigenvalue weighted by Gasteiger charge is -2.22. The van der Waals surface area contributed by atoms with Crippen LogP contribution in [0.2, 0.25) is 0 Å². The molecule has 0 radical (unpaired) electrons. The predicted molar refractivity (Wildman–Crippen MR) is 76.9 cm³/mol. The topological polar surface area (TPSA) is 45.7 Å². The third kappa shape index (κ3) is 4.97. The number of hydrogen-bond acceptors (Lipinski definition) is 2. The van der Waals surface area contributed by atoms with E-state index in [0.717, 1.165) is 19.3 Å². The van der Waals surface area contributed by atoms with Crippen LogP contribution >= 0.6 is 24.0 Å². The smallest absolute Gasteiger partial charge is 0.373 e. The molecule has 2 aliphatic rings. The number of alkyl halides is 3. The first-order chi connectivity index (χ1) is 8.48. The molecule has 112 valence electrons. The molecule has 2 aliphatic heterocycles. The fraction of sp³-hybridized carbons (Fsp3) is 0.909. The lowest BCUT2D eigenvalue weighted by molar-refractivity contribution is -0.132. The van der Waals surface area contributed by atoms with E-state index in [-0.39, 0.29) is 42.7 Å². The van der Waals surface area contributed by atoms with Crippen LogP contribution in [0.3, 0.4) is 0 Å². The minimum Gasteiger partial charge on any atom is -0.373 e. The number of hydrogen-bond donors (Lipinski definition) is 2. The van der Waals surface area contributed by atoms with Crippen molar-refractivity contribution in [1.29, 1.82) is 0 Å². The first-order valence-corrected chi connectivity index (χ1v) is 6.17. The van der Waals surface area contributed by atoms with Gasteiger partial charge in [-0.25, -0.2) is 0 Å². The summed E-state index contributed by atoms with van der Waals surface area (Å²) in [6.45, 7) is -0.162. The van der Waals surface area contributed by atoms with Crippen LogP contribution in [0.15, 0.2) is 4.99 Å². The van der Waals surface area contributed by atoms with Crippen molar-refractivity contribution in [1.82, 2.24) is 10.6 Å².